The van der Waals surface area contributed by atoms with E-state index >= 15 is 0 Å². The van der Waals surface area contributed by atoms with Crippen molar-refractivity contribution >= 4 is 16.6 Å². The molecular formula is C35H40N6. The first-order valence-corrected chi connectivity index (χ1v) is 15.0. The van der Waals surface area contributed by atoms with E-state index in [1.54, 1.807) is 6.08 Å². The summed E-state index contributed by atoms with van der Waals surface area (Å²) in [7, 11) is 0. The molecule has 6 rings (SSSR count). The Morgan fingerprint density at radius 3 is 2.68 bits per heavy atom. The Morgan fingerprint density at radius 2 is 1.88 bits per heavy atom. The topological polar surface area (TPSA) is 57.2 Å². The van der Waals surface area contributed by atoms with Crippen LogP contribution in [0.5, 0.6) is 0 Å². The summed E-state index contributed by atoms with van der Waals surface area (Å²) < 4.78 is 0. The van der Waals surface area contributed by atoms with Gasteiger partial charge in [0.25, 0.3) is 0 Å². The van der Waals surface area contributed by atoms with E-state index in [2.05, 4.69) is 88.7 Å². The van der Waals surface area contributed by atoms with Gasteiger partial charge in [0.1, 0.15) is 11.6 Å². The minimum Gasteiger partial charge on any atom is -0.384 e. The Kier molecular flexibility index (Phi) is 8.10. The molecule has 0 bridgehead atoms. The van der Waals surface area contributed by atoms with E-state index < -0.39 is 0 Å². The fraction of sp³-hybridized carbons (Fsp3) is 0.343. The highest BCUT2D eigenvalue weighted by Gasteiger charge is 2.35. The maximum atomic E-state index is 5.27. The van der Waals surface area contributed by atoms with Crippen LogP contribution in [0.25, 0.3) is 10.8 Å². The third kappa shape index (κ3) is 5.75. The van der Waals surface area contributed by atoms with E-state index in [1.165, 1.54) is 38.7 Å². The molecule has 0 amide bonds. The molecular weight excluding hydrogens is 504 g/mol. The van der Waals surface area contributed by atoms with Gasteiger partial charge < -0.3 is 10.2 Å². The first-order chi connectivity index (χ1) is 20.1. The zero-order valence-electron chi connectivity index (χ0n) is 24.1. The number of nitrogens with zero attached hydrogens (tertiary/aromatic N) is 5. The molecule has 1 aliphatic heterocycles. The molecule has 41 heavy (non-hydrogen) atoms. The van der Waals surface area contributed by atoms with Crippen molar-refractivity contribution in [3.05, 3.63) is 120 Å². The fourth-order valence-electron chi connectivity index (χ4n) is 6.35. The van der Waals surface area contributed by atoms with Crippen LogP contribution in [0.3, 0.4) is 0 Å². The van der Waals surface area contributed by atoms with Gasteiger partial charge in [0.15, 0.2) is 0 Å². The van der Waals surface area contributed by atoms with Crippen molar-refractivity contribution in [2.45, 2.75) is 58.2 Å². The van der Waals surface area contributed by atoms with Crippen LogP contribution in [-0.4, -0.2) is 39.5 Å². The molecule has 4 aromatic rings. The van der Waals surface area contributed by atoms with Gasteiger partial charge in [-0.2, -0.15) is 0 Å². The Bertz CT molecular complexity index is 1540. The number of unbranched alkanes of at least 4 members (excludes halogenated alkanes) is 1. The molecule has 0 saturated carbocycles. The highest BCUT2D eigenvalue weighted by atomic mass is 15.2. The third-order valence-electron chi connectivity index (χ3n) is 8.52. The van der Waals surface area contributed by atoms with E-state index in [0.29, 0.717) is 6.04 Å². The summed E-state index contributed by atoms with van der Waals surface area (Å²) in [4.78, 5) is 19.7. The molecule has 2 aliphatic rings. The van der Waals surface area contributed by atoms with Crippen LogP contribution in [0.15, 0.2) is 85.9 Å². The van der Waals surface area contributed by atoms with Gasteiger partial charge in [0.05, 0.1) is 5.69 Å². The summed E-state index contributed by atoms with van der Waals surface area (Å²) >= 11 is 0. The van der Waals surface area contributed by atoms with Crippen LogP contribution in [0, 0.1) is 0 Å². The number of rotatable bonds is 13. The molecule has 6 heteroatoms. The lowest BCUT2D eigenvalue weighted by molar-refractivity contribution is 0.203. The van der Waals surface area contributed by atoms with E-state index in [4.69, 9.17) is 9.97 Å². The number of benzene rings is 2. The van der Waals surface area contributed by atoms with Crippen LogP contribution in [-0.2, 0) is 32.4 Å². The number of pyridine rings is 1. The van der Waals surface area contributed by atoms with Gasteiger partial charge in [-0.3, -0.25) is 9.88 Å². The first-order valence-electron chi connectivity index (χ1n) is 15.0. The number of aryl methyl sites for hydroxylation is 2. The number of hydrogen-bond donors (Lipinski definition) is 1. The zero-order valence-corrected chi connectivity index (χ0v) is 24.1. The predicted molar refractivity (Wildman–Crippen MR) is 168 cm³/mol. The molecule has 1 aliphatic carbocycles. The van der Waals surface area contributed by atoms with E-state index in [9.17, 15) is 0 Å². The fourth-order valence-corrected chi connectivity index (χ4v) is 6.35. The van der Waals surface area contributed by atoms with E-state index in [1.807, 2.05) is 12.4 Å². The molecule has 3 heterocycles. The van der Waals surface area contributed by atoms with Gasteiger partial charge in [-0.25, -0.2) is 9.97 Å². The summed E-state index contributed by atoms with van der Waals surface area (Å²) in [6.45, 7) is 14.5. The molecule has 0 radical (unpaired) electrons. The van der Waals surface area contributed by atoms with Crippen LogP contribution >= 0.6 is 0 Å². The van der Waals surface area contributed by atoms with Gasteiger partial charge >= 0.3 is 0 Å². The molecule has 0 fully saturated rings. The van der Waals surface area contributed by atoms with Crippen molar-refractivity contribution in [1.29, 1.82) is 0 Å². The maximum absolute atomic E-state index is 5.27. The van der Waals surface area contributed by atoms with Gasteiger partial charge in [-0.1, -0.05) is 62.9 Å². The molecule has 0 spiro atoms. The highest BCUT2D eigenvalue weighted by molar-refractivity contribution is 5.91. The standard InChI is InChI=1S/C35H40N6/c1-4-6-20-40(21-19-37-25(3)5-2)35-30-23-41(32-22-28-11-7-9-27-10-8-12-29(32)34(27)28)24-31(30)38-33(39-35)14-13-26-15-17-36-18-16-26/h5,7-12,15-18,32,37H,2-4,6,13-14,19-24H2,1H3. The normalized spacial score (nSPS) is 15.7. The monoisotopic (exact) mass is 544 g/mol. The molecule has 6 nitrogen and oxygen atoms in total. The van der Waals surface area contributed by atoms with Crippen LogP contribution in [0.1, 0.15) is 59.6 Å². The lowest BCUT2D eigenvalue weighted by atomic mass is 10.0. The van der Waals surface area contributed by atoms with E-state index in [-0.39, 0.29) is 0 Å². The van der Waals surface area contributed by atoms with Crippen molar-refractivity contribution in [3.8, 4) is 0 Å². The molecule has 1 N–H and O–H groups in total. The van der Waals surface area contributed by atoms with Gasteiger partial charge in [-0.15, -0.1) is 0 Å². The Balaban J connectivity index is 1.31. The summed E-state index contributed by atoms with van der Waals surface area (Å²) in [6.07, 6.45) is 10.5. The average molecular weight is 545 g/mol. The lowest BCUT2D eigenvalue weighted by Crippen LogP contribution is -2.34. The molecule has 1 atom stereocenters. The van der Waals surface area contributed by atoms with Crippen molar-refractivity contribution in [2.24, 2.45) is 0 Å². The third-order valence-corrected chi connectivity index (χ3v) is 8.52. The van der Waals surface area contributed by atoms with Crippen LogP contribution in [0.2, 0.25) is 0 Å². The van der Waals surface area contributed by atoms with Gasteiger partial charge in [-0.05, 0) is 64.9 Å². The summed E-state index contributed by atoms with van der Waals surface area (Å²) in [6, 6.07) is 18.0. The SMILES string of the molecule is C=CC(=C)NCCN(CCCC)c1nc(CCc2ccncc2)nc2c1CN(C1Cc3cccc4cccc1c34)C2. The van der Waals surface area contributed by atoms with Crippen molar-refractivity contribution in [1.82, 2.24) is 25.2 Å². The number of anilines is 1. The Morgan fingerprint density at radius 1 is 1.05 bits per heavy atom. The number of aromatic nitrogens is 3. The average Bonchev–Trinajstić information content (AvgIpc) is 3.61. The van der Waals surface area contributed by atoms with Gasteiger partial charge in [0, 0.05) is 68.8 Å². The van der Waals surface area contributed by atoms with E-state index in [0.717, 1.165) is 82.2 Å². The Hall–Kier alpha value is -4.03. The number of hydrogen-bond acceptors (Lipinski definition) is 6. The minimum absolute atomic E-state index is 0.361. The summed E-state index contributed by atoms with van der Waals surface area (Å²) in [5, 5.41) is 6.19. The number of fused-ring (bicyclic) bond motifs is 1. The molecule has 2 aromatic carbocycles. The van der Waals surface area contributed by atoms with Crippen molar-refractivity contribution in [2.75, 3.05) is 24.5 Å². The largest absolute Gasteiger partial charge is 0.384 e. The second-order valence-corrected chi connectivity index (χ2v) is 11.2. The van der Waals surface area contributed by atoms with Gasteiger partial charge in [0.2, 0.25) is 0 Å². The molecule has 2 aromatic heterocycles. The predicted octanol–water partition coefficient (Wildman–Crippen LogP) is 6.32. The number of nitrogens with one attached hydrogen (secondary N) is 1. The smallest absolute Gasteiger partial charge is 0.137 e. The second-order valence-electron chi connectivity index (χ2n) is 11.2. The van der Waals surface area contributed by atoms with Crippen LogP contribution in [0.4, 0.5) is 5.82 Å². The first kappa shape index (κ1) is 27.2. The lowest BCUT2D eigenvalue weighted by Gasteiger charge is -2.27. The van der Waals surface area contributed by atoms with Crippen molar-refractivity contribution in [3.63, 3.8) is 0 Å². The maximum Gasteiger partial charge on any atom is 0.137 e. The summed E-state index contributed by atoms with van der Waals surface area (Å²) in [5.41, 5.74) is 7.51. The summed E-state index contributed by atoms with van der Waals surface area (Å²) in [5.74, 6) is 2.04. The zero-order chi connectivity index (χ0) is 28.2. The quantitative estimate of drug-likeness (QED) is 0.199. The molecule has 0 saturated heterocycles. The molecule has 1 unspecified atom stereocenters. The van der Waals surface area contributed by atoms with Crippen LogP contribution < -0.4 is 10.2 Å². The second kappa shape index (κ2) is 12.2. The molecule has 210 valence electrons. The van der Waals surface area contributed by atoms with Crippen molar-refractivity contribution < 1.29 is 0 Å². The highest BCUT2D eigenvalue weighted by Crippen LogP contribution is 2.44. The Labute approximate surface area is 243 Å². The number of allylic oxidation sites excluding steroid dienone is 1. The minimum atomic E-state index is 0.361.